The number of benzene rings is 5. The van der Waals surface area contributed by atoms with Gasteiger partial charge in [-0.25, -0.2) is 92.6 Å². The molecule has 0 atom stereocenters. The van der Waals surface area contributed by atoms with Gasteiger partial charge in [0.25, 0.3) is 0 Å². The summed E-state index contributed by atoms with van der Waals surface area (Å²) in [6.07, 6.45) is -0.574. The second-order valence-electron chi connectivity index (χ2n) is 11.6. The van der Waals surface area contributed by atoms with E-state index >= 15 is 35.1 Å². The Hall–Kier alpha value is -6.87. The zero-order valence-electron chi connectivity index (χ0n) is 28.0. The highest BCUT2D eigenvalue weighted by molar-refractivity contribution is 7.20. The standard InChI is InChI=1S/C24BF20.C11H8N3O/c26-5-1(6(27)14(35)21(42)13(5)34)25(2-7(28)15(36)22(43)16(37)8(2)29,3-9(30)17(38)23(44)18(39)10(3)31)4-11(32)19(40)24(45)20(41)12(4)33;12-9-10-1-3-11(4-2-10)15-14-7-5-13-6-8-14/h;1-8H/q-1;+1. The highest BCUT2D eigenvalue weighted by Gasteiger charge is 2.52. The zero-order valence-corrected chi connectivity index (χ0v) is 28.0. The Kier molecular flexibility index (Phi) is 12.1. The van der Waals surface area contributed by atoms with E-state index in [9.17, 15) is 52.7 Å². The molecular weight excluding hydrogens is 869 g/mol. The number of nitriles is 1. The second kappa shape index (κ2) is 16.4. The van der Waals surface area contributed by atoms with Crippen LogP contribution in [0.3, 0.4) is 0 Å². The van der Waals surface area contributed by atoms with E-state index in [0.717, 1.165) is 0 Å². The van der Waals surface area contributed by atoms with Crippen LogP contribution in [0.5, 0.6) is 5.75 Å². The van der Waals surface area contributed by atoms with Gasteiger partial charge in [-0.05, 0) is 24.3 Å². The van der Waals surface area contributed by atoms with Gasteiger partial charge < -0.3 is 0 Å². The van der Waals surface area contributed by atoms with Gasteiger partial charge in [0.2, 0.25) is 18.1 Å². The van der Waals surface area contributed by atoms with Gasteiger partial charge >= 0.3 is 0 Å². The van der Waals surface area contributed by atoms with Crippen LogP contribution in [-0.2, 0) is 0 Å². The van der Waals surface area contributed by atoms with E-state index < -0.39 is 144 Å². The van der Waals surface area contributed by atoms with Gasteiger partial charge in [-0.3, -0.25) is 4.98 Å². The van der Waals surface area contributed by atoms with Crippen molar-refractivity contribution < 1.29 is 97.4 Å². The van der Waals surface area contributed by atoms with Gasteiger partial charge in [0, 0.05) is 4.73 Å². The first kappa shape index (κ1) is 44.2. The van der Waals surface area contributed by atoms with E-state index in [1.165, 1.54) is 4.73 Å². The monoisotopic (exact) mass is 877 g/mol. The lowest BCUT2D eigenvalue weighted by atomic mass is 9.12. The Labute approximate surface area is 318 Å². The smallest absolute Gasteiger partial charge is 0.241 e. The Bertz CT molecular complexity index is 2370. The molecule has 4 nitrogen and oxygen atoms in total. The maximum absolute atomic E-state index is 15.4. The SMILES string of the molecule is Fc1c(F)c(F)c([B-](c2c(F)c(F)c(F)c(F)c2F)(c2c(F)c(F)c(F)c(F)c2F)c2c(F)c(F)c(F)c(F)c2F)c(F)c1F.N#Cc1ccc(O[n+]2ccncc2)cc1. The summed E-state index contributed by atoms with van der Waals surface area (Å²) in [6.45, 7) is 0. The van der Waals surface area contributed by atoms with Gasteiger partial charge in [-0.2, -0.15) is 5.26 Å². The van der Waals surface area contributed by atoms with Crippen molar-refractivity contribution in [1.29, 1.82) is 5.26 Å². The minimum atomic E-state index is -7.22. The van der Waals surface area contributed by atoms with Crippen molar-refractivity contribution in [1.82, 2.24) is 4.98 Å². The highest BCUT2D eigenvalue weighted by atomic mass is 19.2. The van der Waals surface area contributed by atoms with E-state index in [2.05, 4.69) is 4.98 Å². The van der Waals surface area contributed by atoms with E-state index in [1.54, 1.807) is 49.1 Å². The number of nitrogens with zero attached hydrogens (tertiary/aromatic N) is 3. The van der Waals surface area contributed by atoms with E-state index in [0.29, 0.717) is 11.3 Å². The molecule has 0 N–H and O–H groups in total. The summed E-state index contributed by atoms with van der Waals surface area (Å²) in [7, 11) is 0. The van der Waals surface area contributed by atoms with Crippen LogP contribution >= 0.6 is 0 Å². The second-order valence-corrected chi connectivity index (χ2v) is 11.6. The minimum absolute atomic E-state index is 0.613. The summed E-state index contributed by atoms with van der Waals surface area (Å²) in [5.41, 5.74) is -13.7. The van der Waals surface area contributed by atoms with Crippen LogP contribution in [0.15, 0.2) is 49.1 Å². The van der Waals surface area contributed by atoms with Crippen LogP contribution in [-0.4, -0.2) is 11.1 Å². The third-order valence-electron chi connectivity index (χ3n) is 8.50. The summed E-state index contributed by atoms with van der Waals surface area (Å²) in [5, 5.41) is 8.61. The molecule has 0 saturated carbocycles. The van der Waals surface area contributed by atoms with Crippen molar-refractivity contribution in [2.24, 2.45) is 0 Å². The molecule has 0 aliphatic carbocycles. The van der Waals surface area contributed by atoms with Gasteiger partial charge in [0.1, 0.15) is 52.7 Å². The summed E-state index contributed by atoms with van der Waals surface area (Å²) < 4.78 is 295. The molecule has 0 radical (unpaired) electrons. The highest BCUT2D eigenvalue weighted by Crippen LogP contribution is 2.30. The van der Waals surface area contributed by atoms with Crippen LogP contribution < -0.4 is 31.4 Å². The third-order valence-corrected chi connectivity index (χ3v) is 8.50. The molecular formula is C35H8BF20N3O. The average molecular weight is 877 g/mol. The van der Waals surface area contributed by atoms with E-state index in [1.807, 2.05) is 6.07 Å². The Morgan fingerprint density at radius 3 is 0.850 bits per heavy atom. The zero-order chi connectivity index (χ0) is 44.9. The van der Waals surface area contributed by atoms with Crippen molar-refractivity contribution in [2.45, 2.75) is 0 Å². The molecule has 0 aliphatic rings. The van der Waals surface area contributed by atoms with Gasteiger partial charge in [0.05, 0.1) is 24.0 Å². The molecule has 25 heteroatoms. The molecule has 5 aromatic carbocycles. The van der Waals surface area contributed by atoms with Crippen LogP contribution in [0.2, 0.25) is 0 Å². The number of hydrogen-bond donors (Lipinski definition) is 0. The van der Waals surface area contributed by atoms with Gasteiger partial charge in [-0.1, -0.05) is 0 Å². The molecule has 0 fully saturated rings. The van der Waals surface area contributed by atoms with Crippen molar-refractivity contribution in [3.8, 4) is 11.8 Å². The quantitative estimate of drug-likeness (QED) is 0.0601. The lowest BCUT2D eigenvalue weighted by Gasteiger charge is -2.44. The lowest BCUT2D eigenvalue weighted by Crippen LogP contribution is -2.81. The maximum atomic E-state index is 15.4. The minimum Gasteiger partial charge on any atom is -0.252 e. The molecule has 0 amide bonds. The molecule has 0 saturated heterocycles. The number of hydrogen-bond acceptors (Lipinski definition) is 3. The molecule has 0 aliphatic heterocycles. The normalized spacial score (nSPS) is 11.3. The predicted molar refractivity (Wildman–Crippen MR) is 161 cm³/mol. The Balaban J connectivity index is 0.000000379. The van der Waals surface area contributed by atoms with E-state index in [-0.39, 0.29) is 0 Å². The van der Waals surface area contributed by atoms with Crippen molar-refractivity contribution in [3.63, 3.8) is 0 Å². The average Bonchev–Trinajstić information content (AvgIpc) is 3.24. The molecule has 60 heavy (non-hydrogen) atoms. The van der Waals surface area contributed by atoms with Crippen molar-refractivity contribution in [3.05, 3.63) is 171 Å². The van der Waals surface area contributed by atoms with Crippen molar-refractivity contribution >= 4 is 28.0 Å². The van der Waals surface area contributed by atoms with Crippen molar-refractivity contribution in [2.75, 3.05) is 0 Å². The van der Waals surface area contributed by atoms with Crippen LogP contribution in [0, 0.1) is 128 Å². The molecule has 1 aromatic heterocycles. The molecule has 0 spiro atoms. The Morgan fingerprint density at radius 1 is 0.383 bits per heavy atom. The number of rotatable bonds is 6. The Morgan fingerprint density at radius 2 is 0.617 bits per heavy atom. The van der Waals surface area contributed by atoms with Crippen LogP contribution in [0.1, 0.15) is 5.56 Å². The summed E-state index contributed by atoms with van der Waals surface area (Å²) >= 11 is 0. The number of halogens is 20. The first-order chi connectivity index (χ1) is 28.1. The topological polar surface area (TPSA) is 49.8 Å². The van der Waals surface area contributed by atoms with E-state index in [4.69, 9.17) is 10.1 Å². The number of aromatic nitrogens is 2. The molecule has 1 heterocycles. The molecule has 6 aromatic rings. The third kappa shape index (κ3) is 6.83. The van der Waals surface area contributed by atoms with Crippen LogP contribution in [0.4, 0.5) is 87.8 Å². The fourth-order valence-corrected chi connectivity index (χ4v) is 5.95. The largest absolute Gasteiger partial charge is 0.252 e. The fraction of sp³-hybridized carbons (Fsp3) is 0. The van der Waals surface area contributed by atoms with Gasteiger partial charge in [-0.15, -0.1) is 21.9 Å². The molecule has 6 rings (SSSR count). The summed E-state index contributed by atoms with van der Waals surface area (Å²) in [6, 6.07) is 8.94. The molecule has 0 bridgehead atoms. The lowest BCUT2D eigenvalue weighted by molar-refractivity contribution is -0.875. The fourth-order valence-electron chi connectivity index (χ4n) is 5.95. The van der Waals surface area contributed by atoms with Crippen LogP contribution in [0.25, 0.3) is 0 Å². The molecule has 0 unspecified atom stereocenters. The summed E-state index contributed by atoms with van der Waals surface area (Å²) in [4.78, 5) is 9.32. The first-order valence-electron chi connectivity index (χ1n) is 15.3. The predicted octanol–water partition coefficient (Wildman–Crippen LogP) is 6.93. The maximum Gasteiger partial charge on any atom is 0.241 e. The van der Waals surface area contributed by atoms with Gasteiger partial charge in [0.15, 0.2) is 69.8 Å². The first-order valence-corrected chi connectivity index (χ1v) is 15.3. The summed E-state index contributed by atoms with van der Waals surface area (Å²) in [5.74, 6) is -70.7. The molecule has 312 valence electrons.